The number of halogens is 2. The van der Waals surface area contributed by atoms with Crippen LogP contribution in [0, 0.1) is 0 Å². The van der Waals surface area contributed by atoms with E-state index in [0.29, 0.717) is 24.5 Å². The Kier molecular flexibility index (Phi) is 7.23. The van der Waals surface area contributed by atoms with Gasteiger partial charge >= 0.3 is 12.1 Å². The van der Waals surface area contributed by atoms with Crippen LogP contribution in [0.5, 0.6) is 0 Å². The highest BCUT2D eigenvalue weighted by Gasteiger charge is 2.30. The first-order valence-corrected chi connectivity index (χ1v) is 9.41. The lowest BCUT2D eigenvalue weighted by atomic mass is 10.2. The SMILES string of the molecule is CCOC(=O)C(F)=Cc1cnc(N[C@@H]2CCN(C(=O)OC(C)(C)C)C2)c(Cl)c1. The fraction of sp³-hybridized carbons (Fsp3) is 0.526. The average Bonchev–Trinajstić information content (AvgIpc) is 3.05. The van der Waals surface area contributed by atoms with E-state index in [1.165, 1.54) is 12.3 Å². The lowest BCUT2D eigenvalue weighted by Gasteiger charge is -2.24. The molecule has 1 N–H and O–H groups in total. The second-order valence-corrected chi connectivity index (χ2v) is 7.78. The van der Waals surface area contributed by atoms with Crippen LogP contribution in [0.1, 0.15) is 39.7 Å². The van der Waals surface area contributed by atoms with E-state index in [-0.39, 0.29) is 23.8 Å². The molecular weight excluding hydrogens is 389 g/mol. The van der Waals surface area contributed by atoms with Gasteiger partial charge in [-0.15, -0.1) is 0 Å². The van der Waals surface area contributed by atoms with Crippen LogP contribution in [0.15, 0.2) is 18.1 Å². The largest absolute Gasteiger partial charge is 0.461 e. The molecule has 1 aliphatic heterocycles. The molecule has 1 aromatic heterocycles. The molecular formula is C19H25ClFN3O4. The minimum atomic E-state index is -1.03. The van der Waals surface area contributed by atoms with E-state index in [2.05, 4.69) is 15.0 Å². The zero-order chi connectivity index (χ0) is 20.9. The number of rotatable bonds is 5. The maximum absolute atomic E-state index is 13.7. The van der Waals surface area contributed by atoms with E-state index >= 15 is 0 Å². The molecule has 1 aromatic rings. The molecule has 9 heteroatoms. The summed E-state index contributed by atoms with van der Waals surface area (Å²) in [6, 6.07) is 1.46. The lowest BCUT2D eigenvalue weighted by Crippen LogP contribution is -2.36. The van der Waals surface area contributed by atoms with Crippen molar-refractivity contribution in [2.75, 3.05) is 25.0 Å². The summed E-state index contributed by atoms with van der Waals surface area (Å²) < 4.78 is 23.7. The normalized spacial score (nSPS) is 17.4. The topological polar surface area (TPSA) is 80.8 Å². The first-order chi connectivity index (χ1) is 13.1. The van der Waals surface area contributed by atoms with Gasteiger partial charge < -0.3 is 19.7 Å². The van der Waals surface area contributed by atoms with Gasteiger partial charge in [-0.3, -0.25) is 0 Å². The number of likely N-dealkylation sites (tertiary alicyclic amines) is 1. The summed E-state index contributed by atoms with van der Waals surface area (Å²) in [7, 11) is 0. The van der Waals surface area contributed by atoms with E-state index in [1.54, 1.807) is 11.8 Å². The third-order valence-corrected chi connectivity index (χ3v) is 4.10. The second kappa shape index (κ2) is 9.23. The number of amides is 1. The van der Waals surface area contributed by atoms with Crippen molar-refractivity contribution in [3.8, 4) is 0 Å². The molecule has 1 saturated heterocycles. The second-order valence-electron chi connectivity index (χ2n) is 7.37. The number of carbonyl (C=O) groups excluding carboxylic acids is 2. The van der Waals surface area contributed by atoms with E-state index in [1.807, 2.05) is 20.8 Å². The lowest BCUT2D eigenvalue weighted by molar-refractivity contribution is -0.140. The number of anilines is 1. The fourth-order valence-electron chi connectivity index (χ4n) is 2.61. The standard InChI is InChI=1S/C19H25ClFN3O4/c1-5-27-17(25)15(21)9-12-8-14(20)16(22-10-12)23-13-6-7-24(11-13)18(26)28-19(2,3)4/h8-10,13H,5-7,11H2,1-4H3,(H,22,23)/t13-/m1/s1. The summed E-state index contributed by atoms with van der Waals surface area (Å²) in [5.41, 5.74) is -0.210. The number of hydrogen-bond acceptors (Lipinski definition) is 6. The molecule has 28 heavy (non-hydrogen) atoms. The molecule has 1 amide bonds. The number of hydrogen-bond donors (Lipinski definition) is 1. The smallest absolute Gasteiger partial charge is 0.410 e. The van der Waals surface area contributed by atoms with Crippen molar-refractivity contribution < 1.29 is 23.5 Å². The predicted molar refractivity (Wildman–Crippen MR) is 105 cm³/mol. The van der Waals surface area contributed by atoms with Crippen molar-refractivity contribution in [2.24, 2.45) is 0 Å². The number of nitrogens with one attached hydrogen (secondary N) is 1. The van der Waals surface area contributed by atoms with Gasteiger partial charge in [0.05, 0.1) is 11.6 Å². The summed E-state index contributed by atoms with van der Waals surface area (Å²) in [4.78, 5) is 29.3. The Labute approximate surface area is 168 Å². The summed E-state index contributed by atoms with van der Waals surface area (Å²) in [5, 5.41) is 3.46. The number of carbonyl (C=O) groups is 2. The summed E-state index contributed by atoms with van der Waals surface area (Å²) in [6.45, 7) is 8.17. The van der Waals surface area contributed by atoms with E-state index in [4.69, 9.17) is 16.3 Å². The maximum Gasteiger partial charge on any atom is 0.410 e. The Morgan fingerprint density at radius 1 is 1.46 bits per heavy atom. The molecule has 2 rings (SSSR count). The molecule has 2 heterocycles. The molecule has 1 aliphatic rings. The zero-order valence-electron chi connectivity index (χ0n) is 16.4. The fourth-order valence-corrected chi connectivity index (χ4v) is 2.84. The van der Waals surface area contributed by atoms with Gasteiger partial charge in [-0.1, -0.05) is 11.6 Å². The molecule has 0 saturated carbocycles. The van der Waals surface area contributed by atoms with Crippen molar-refractivity contribution in [1.82, 2.24) is 9.88 Å². The monoisotopic (exact) mass is 413 g/mol. The highest BCUT2D eigenvalue weighted by Crippen LogP contribution is 2.25. The molecule has 0 bridgehead atoms. The first-order valence-electron chi connectivity index (χ1n) is 9.03. The van der Waals surface area contributed by atoms with Gasteiger partial charge in [0.2, 0.25) is 5.83 Å². The van der Waals surface area contributed by atoms with Crippen LogP contribution >= 0.6 is 11.6 Å². The molecule has 1 atom stereocenters. The van der Waals surface area contributed by atoms with Crippen LogP contribution in [0.25, 0.3) is 6.08 Å². The van der Waals surface area contributed by atoms with Gasteiger partial charge in [-0.25, -0.2) is 14.6 Å². The minimum absolute atomic E-state index is 0.0322. The Morgan fingerprint density at radius 2 is 2.18 bits per heavy atom. The Bertz CT molecular complexity index is 764. The van der Waals surface area contributed by atoms with Crippen LogP contribution in [-0.2, 0) is 14.3 Å². The summed E-state index contributed by atoms with van der Waals surface area (Å²) in [6.07, 6.45) is 2.77. The summed E-state index contributed by atoms with van der Waals surface area (Å²) >= 11 is 6.22. The third-order valence-electron chi connectivity index (χ3n) is 3.81. The van der Waals surface area contributed by atoms with Gasteiger partial charge in [-0.2, -0.15) is 4.39 Å². The van der Waals surface area contributed by atoms with Crippen molar-refractivity contribution in [2.45, 2.75) is 45.8 Å². The number of pyridine rings is 1. The van der Waals surface area contributed by atoms with Crippen molar-refractivity contribution >= 4 is 35.6 Å². The highest BCUT2D eigenvalue weighted by atomic mass is 35.5. The number of nitrogens with zero attached hydrogens (tertiary/aromatic N) is 2. The minimum Gasteiger partial charge on any atom is -0.461 e. The van der Waals surface area contributed by atoms with Crippen molar-refractivity contribution in [3.05, 3.63) is 28.7 Å². The third kappa shape index (κ3) is 6.37. The first kappa shape index (κ1) is 21.9. The van der Waals surface area contributed by atoms with Crippen LogP contribution in [0.4, 0.5) is 15.0 Å². The quantitative estimate of drug-likeness (QED) is 0.579. The molecule has 0 aromatic carbocycles. The molecule has 0 spiro atoms. The van der Waals surface area contributed by atoms with Crippen LogP contribution < -0.4 is 5.32 Å². The molecule has 0 radical (unpaired) electrons. The number of esters is 1. The Balaban J connectivity index is 1.98. The average molecular weight is 414 g/mol. The maximum atomic E-state index is 13.7. The Morgan fingerprint density at radius 3 is 2.79 bits per heavy atom. The zero-order valence-corrected chi connectivity index (χ0v) is 17.2. The summed E-state index contributed by atoms with van der Waals surface area (Å²) in [5.74, 6) is -1.63. The molecule has 0 unspecified atom stereocenters. The van der Waals surface area contributed by atoms with E-state index in [9.17, 15) is 14.0 Å². The van der Waals surface area contributed by atoms with Gasteiger partial charge in [0, 0.05) is 25.3 Å². The number of aromatic nitrogens is 1. The predicted octanol–water partition coefficient (Wildman–Crippen LogP) is 4.03. The van der Waals surface area contributed by atoms with Crippen LogP contribution in [0.3, 0.4) is 0 Å². The van der Waals surface area contributed by atoms with Crippen LogP contribution in [-0.4, -0.2) is 53.3 Å². The van der Waals surface area contributed by atoms with E-state index in [0.717, 1.165) is 12.5 Å². The van der Waals surface area contributed by atoms with Gasteiger partial charge in [-0.05, 0) is 51.8 Å². The van der Waals surface area contributed by atoms with Gasteiger partial charge in [0.15, 0.2) is 0 Å². The van der Waals surface area contributed by atoms with Crippen LogP contribution in [0.2, 0.25) is 5.02 Å². The molecule has 1 fully saturated rings. The highest BCUT2D eigenvalue weighted by molar-refractivity contribution is 6.33. The van der Waals surface area contributed by atoms with Crippen molar-refractivity contribution in [1.29, 1.82) is 0 Å². The van der Waals surface area contributed by atoms with Gasteiger partial charge in [0.25, 0.3) is 0 Å². The molecule has 0 aliphatic carbocycles. The number of ether oxygens (including phenoxy) is 2. The molecule has 7 nitrogen and oxygen atoms in total. The van der Waals surface area contributed by atoms with E-state index < -0.39 is 17.4 Å². The molecule has 154 valence electrons. The van der Waals surface area contributed by atoms with Crippen molar-refractivity contribution in [3.63, 3.8) is 0 Å². The van der Waals surface area contributed by atoms with Gasteiger partial charge in [0.1, 0.15) is 11.4 Å². The Hall–Kier alpha value is -2.35.